The summed E-state index contributed by atoms with van der Waals surface area (Å²) in [5.74, 6) is 3.93. The van der Waals surface area contributed by atoms with Gasteiger partial charge in [-0.15, -0.1) is 0 Å². The van der Waals surface area contributed by atoms with E-state index < -0.39 is 0 Å². The van der Waals surface area contributed by atoms with Gasteiger partial charge in [-0.2, -0.15) is 0 Å². The first-order valence-corrected chi connectivity index (χ1v) is 5.61. The van der Waals surface area contributed by atoms with Crippen molar-refractivity contribution in [2.75, 3.05) is 0 Å². The Kier molecular flexibility index (Phi) is 3.61. The molecule has 0 heterocycles. The Hall–Kier alpha value is 0. The van der Waals surface area contributed by atoms with E-state index in [0.29, 0.717) is 0 Å². The zero-order valence-corrected chi connectivity index (χ0v) is 9.14. The van der Waals surface area contributed by atoms with Crippen molar-refractivity contribution < 1.29 is 0 Å². The highest BCUT2D eigenvalue weighted by Crippen LogP contribution is 2.41. The molecule has 2 unspecified atom stereocenters. The predicted molar refractivity (Wildman–Crippen MR) is 55.1 cm³/mol. The first-order chi connectivity index (χ1) is 5.61. The molecule has 12 heavy (non-hydrogen) atoms. The average molecular weight is 168 g/mol. The molecule has 1 saturated carbocycles. The molecule has 72 valence electrons. The Morgan fingerprint density at radius 3 is 2.00 bits per heavy atom. The van der Waals surface area contributed by atoms with Gasteiger partial charge in [0.1, 0.15) is 0 Å². The fraction of sp³-hybridized carbons (Fsp3) is 1.00. The van der Waals surface area contributed by atoms with Gasteiger partial charge in [0.2, 0.25) is 0 Å². The molecule has 0 aromatic heterocycles. The Labute approximate surface area is 77.7 Å². The summed E-state index contributed by atoms with van der Waals surface area (Å²) in [7, 11) is 0. The molecular weight excluding hydrogens is 144 g/mol. The topological polar surface area (TPSA) is 0 Å². The molecular formula is C12H24. The van der Waals surface area contributed by atoms with E-state index in [1.54, 1.807) is 0 Å². The lowest BCUT2D eigenvalue weighted by Gasteiger charge is -2.20. The van der Waals surface area contributed by atoms with Crippen LogP contribution in [0, 0.1) is 23.7 Å². The van der Waals surface area contributed by atoms with Crippen molar-refractivity contribution in [3.8, 4) is 0 Å². The molecule has 1 rings (SSSR count). The second kappa shape index (κ2) is 4.30. The van der Waals surface area contributed by atoms with E-state index in [0.717, 1.165) is 23.7 Å². The minimum absolute atomic E-state index is 0.888. The second-order valence-corrected chi connectivity index (χ2v) is 5.15. The van der Waals surface area contributed by atoms with E-state index >= 15 is 0 Å². The van der Waals surface area contributed by atoms with Crippen LogP contribution in [0.1, 0.15) is 53.4 Å². The van der Waals surface area contributed by atoms with Crippen molar-refractivity contribution in [2.45, 2.75) is 53.4 Å². The van der Waals surface area contributed by atoms with Gasteiger partial charge < -0.3 is 0 Å². The number of hydrogen-bond acceptors (Lipinski definition) is 0. The molecule has 0 N–H and O–H groups in total. The third-order valence-electron chi connectivity index (χ3n) is 3.46. The lowest BCUT2D eigenvalue weighted by atomic mass is 9.86. The number of hydrogen-bond donors (Lipinski definition) is 0. The molecule has 0 spiro atoms. The molecule has 1 fully saturated rings. The summed E-state index contributed by atoms with van der Waals surface area (Å²) in [6.45, 7) is 9.54. The maximum atomic E-state index is 2.45. The van der Waals surface area contributed by atoms with Gasteiger partial charge in [0, 0.05) is 0 Å². The molecule has 0 aromatic rings. The number of rotatable bonds is 5. The highest BCUT2D eigenvalue weighted by molar-refractivity contribution is 4.81. The fourth-order valence-corrected chi connectivity index (χ4v) is 1.95. The molecule has 0 amide bonds. The minimum Gasteiger partial charge on any atom is -0.0628 e. The van der Waals surface area contributed by atoms with Crippen molar-refractivity contribution in [3.05, 3.63) is 0 Å². The van der Waals surface area contributed by atoms with Gasteiger partial charge in [0.15, 0.2) is 0 Å². The summed E-state index contributed by atoms with van der Waals surface area (Å²) in [5.41, 5.74) is 0. The summed E-state index contributed by atoms with van der Waals surface area (Å²) in [6, 6.07) is 0. The third-order valence-corrected chi connectivity index (χ3v) is 3.46. The van der Waals surface area contributed by atoms with Crippen LogP contribution in [-0.2, 0) is 0 Å². The lowest BCUT2D eigenvalue weighted by Crippen LogP contribution is -2.10. The van der Waals surface area contributed by atoms with E-state index in [1.807, 2.05) is 0 Å². The Morgan fingerprint density at radius 1 is 1.00 bits per heavy atom. The van der Waals surface area contributed by atoms with Gasteiger partial charge in [-0.05, 0) is 36.5 Å². The van der Waals surface area contributed by atoms with Crippen LogP contribution in [0.2, 0.25) is 0 Å². The molecule has 2 atom stereocenters. The standard InChI is InChI=1S/C12H24/c1-9(2)5-6-10(3)11(4)12-7-8-12/h9-12H,5-8H2,1-4H3. The van der Waals surface area contributed by atoms with Crippen molar-refractivity contribution in [2.24, 2.45) is 23.7 Å². The van der Waals surface area contributed by atoms with E-state index in [9.17, 15) is 0 Å². The quantitative estimate of drug-likeness (QED) is 0.579. The predicted octanol–water partition coefficient (Wildman–Crippen LogP) is 4.10. The van der Waals surface area contributed by atoms with Crippen molar-refractivity contribution in [1.82, 2.24) is 0 Å². The van der Waals surface area contributed by atoms with Crippen molar-refractivity contribution in [1.29, 1.82) is 0 Å². The van der Waals surface area contributed by atoms with E-state index in [2.05, 4.69) is 27.7 Å². The van der Waals surface area contributed by atoms with Crippen LogP contribution >= 0.6 is 0 Å². The molecule has 0 nitrogen and oxygen atoms in total. The van der Waals surface area contributed by atoms with Crippen molar-refractivity contribution >= 4 is 0 Å². The first-order valence-electron chi connectivity index (χ1n) is 5.61. The summed E-state index contributed by atoms with van der Waals surface area (Å²) >= 11 is 0. The van der Waals surface area contributed by atoms with E-state index in [4.69, 9.17) is 0 Å². The van der Waals surface area contributed by atoms with Crippen LogP contribution in [-0.4, -0.2) is 0 Å². The zero-order chi connectivity index (χ0) is 9.14. The largest absolute Gasteiger partial charge is 0.0628 e. The monoisotopic (exact) mass is 168 g/mol. The van der Waals surface area contributed by atoms with Gasteiger partial charge in [0.25, 0.3) is 0 Å². The molecule has 0 saturated heterocycles. The normalized spacial score (nSPS) is 22.8. The SMILES string of the molecule is CC(C)CCC(C)C(C)C1CC1. The second-order valence-electron chi connectivity index (χ2n) is 5.15. The highest BCUT2D eigenvalue weighted by Gasteiger charge is 2.30. The Morgan fingerprint density at radius 2 is 1.58 bits per heavy atom. The first kappa shape index (κ1) is 10.1. The van der Waals surface area contributed by atoms with Crippen LogP contribution in [0.25, 0.3) is 0 Å². The summed E-state index contributed by atoms with van der Waals surface area (Å²) in [4.78, 5) is 0. The fourth-order valence-electron chi connectivity index (χ4n) is 1.95. The molecule has 0 aliphatic heterocycles. The molecule has 0 bridgehead atoms. The summed E-state index contributed by atoms with van der Waals surface area (Å²) in [6.07, 6.45) is 5.87. The molecule has 1 aliphatic rings. The smallest absolute Gasteiger partial charge is 0.0386 e. The highest BCUT2D eigenvalue weighted by atomic mass is 14.4. The van der Waals surface area contributed by atoms with E-state index in [-0.39, 0.29) is 0 Å². The Balaban J connectivity index is 2.13. The molecule has 0 radical (unpaired) electrons. The molecule has 0 aromatic carbocycles. The van der Waals surface area contributed by atoms with Crippen LogP contribution in [0.15, 0.2) is 0 Å². The van der Waals surface area contributed by atoms with Crippen LogP contribution < -0.4 is 0 Å². The van der Waals surface area contributed by atoms with Gasteiger partial charge in [-0.1, -0.05) is 40.5 Å². The Bertz CT molecular complexity index is 122. The van der Waals surface area contributed by atoms with Crippen LogP contribution in [0.3, 0.4) is 0 Å². The van der Waals surface area contributed by atoms with Gasteiger partial charge in [0.05, 0.1) is 0 Å². The van der Waals surface area contributed by atoms with Crippen LogP contribution in [0.4, 0.5) is 0 Å². The van der Waals surface area contributed by atoms with Gasteiger partial charge in [-0.3, -0.25) is 0 Å². The van der Waals surface area contributed by atoms with Gasteiger partial charge >= 0.3 is 0 Å². The molecule has 0 heteroatoms. The average Bonchev–Trinajstić information content (AvgIpc) is 2.80. The van der Waals surface area contributed by atoms with Gasteiger partial charge in [-0.25, -0.2) is 0 Å². The maximum Gasteiger partial charge on any atom is -0.0386 e. The molecule has 1 aliphatic carbocycles. The minimum atomic E-state index is 0.888. The summed E-state index contributed by atoms with van der Waals surface area (Å²) < 4.78 is 0. The van der Waals surface area contributed by atoms with E-state index in [1.165, 1.54) is 25.7 Å². The van der Waals surface area contributed by atoms with Crippen molar-refractivity contribution in [3.63, 3.8) is 0 Å². The summed E-state index contributed by atoms with van der Waals surface area (Å²) in [5, 5.41) is 0. The third kappa shape index (κ3) is 3.16. The lowest BCUT2D eigenvalue weighted by molar-refractivity contribution is 0.306. The maximum absolute atomic E-state index is 2.45. The van der Waals surface area contributed by atoms with Crippen LogP contribution in [0.5, 0.6) is 0 Å². The zero-order valence-electron chi connectivity index (χ0n) is 9.14.